The van der Waals surface area contributed by atoms with Crippen LogP contribution in [0, 0.1) is 20.8 Å². The number of rotatable bonds is 4. The Morgan fingerprint density at radius 3 is 2.30 bits per heavy atom. The second-order valence-electron chi connectivity index (χ2n) is 5.14. The average Bonchev–Trinajstić information content (AvgIpc) is 2.41. The third kappa shape index (κ3) is 2.99. The van der Waals surface area contributed by atoms with Crippen molar-refractivity contribution >= 4 is 11.6 Å². The van der Waals surface area contributed by atoms with E-state index in [2.05, 4.69) is 5.32 Å². The van der Waals surface area contributed by atoms with Crippen LogP contribution in [0.25, 0.3) is 0 Å². The summed E-state index contributed by atoms with van der Waals surface area (Å²) >= 11 is 0. The molecule has 104 valence electrons. The highest BCUT2D eigenvalue weighted by Crippen LogP contribution is 2.23. The monoisotopic (exact) mass is 268 g/mol. The van der Waals surface area contributed by atoms with Gasteiger partial charge in [0.15, 0.2) is 0 Å². The number of para-hydroxylation sites is 1. The van der Waals surface area contributed by atoms with Gasteiger partial charge in [-0.2, -0.15) is 0 Å². The maximum Gasteiger partial charge on any atom is 0.244 e. The van der Waals surface area contributed by atoms with Gasteiger partial charge in [0.05, 0.1) is 0 Å². The molecule has 1 atom stereocenters. The maximum absolute atomic E-state index is 11.8. The first kappa shape index (κ1) is 14.1. The van der Waals surface area contributed by atoms with Crippen molar-refractivity contribution in [3.05, 3.63) is 64.7 Å². The molecule has 1 unspecified atom stereocenters. The number of nitrogens with one attached hydrogen (secondary N) is 1. The minimum absolute atomic E-state index is 0.378. The van der Waals surface area contributed by atoms with E-state index in [9.17, 15) is 4.79 Å². The van der Waals surface area contributed by atoms with Gasteiger partial charge in [0.1, 0.15) is 6.04 Å². The zero-order valence-electron chi connectivity index (χ0n) is 12.1. The molecule has 3 N–H and O–H groups in total. The topological polar surface area (TPSA) is 55.1 Å². The van der Waals surface area contributed by atoms with Gasteiger partial charge in [0.25, 0.3) is 0 Å². The minimum atomic E-state index is -0.518. The fraction of sp³-hybridized carbons (Fsp3) is 0.235. The average molecular weight is 268 g/mol. The predicted octanol–water partition coefficient (Wildman–Crippen LogP) is 3.25. The number of hydrogen-bond donors (Lipinski definition) is 2. The molecule has 0 spiro atoms. The zero-order chi connectivity index (χ0) is 14.7. The lowest BCUT2D eigenvalue weighted by molar-refractivity contribution is -0.118. The molecule has 0 radical (unpaired) electrons. The Kier molecular flexibility index (Phi) is 4.08. The van der Waals surface area contributed by atoms with E-state index in [-0.39, 0.29) is 5.91 Å². The van der Waals surface area contributed by atoms with Gasteiger partial charge >= 0.3 is 0 Å². The molecule has 0 aliphatic carbocycles. The highest BCUT2D eigenvalue weighted by atomic mass is 16.1. The molecule has 2 aromatic rings. The molecular weight excluding hydrogens is 248 g/mol. The number of anilines is 1. The van der Waals surface area contributed by atoms with Gasteiger partial charge in [0, 0.05) is 5.69 Å². The smallest absolute Gasteiger partial charge is 0.244 e. The number of carbonyl (C=O) groups is 1. The quantitative estimate of drug-likeness (QED) is 0.894. The van der Waals surface area contributed by atoms with Crippen LogP contribution in [0.1, 0.15) is 28.3 Å². The van der Waals surface area contributed by atoms with Crippen molar-refractivity contribution in [2.24, 2.45) is 5.73 Å². The number of nitrogens with two attached hydrogens (primary N) is 1. The molecule has 0 aliphatic heterocycles. The van der Waals surface area contributed by atoms with Crippen molar-refractivity contribution < 1.29 is 4.79 Å². The number of aryl methyl sites for hydroxylation is 3. The van der Waals surface area contributed by atoms with E-state index < -0.39 is 6.04 Å². The summed E-state index contributed by atoms with van der Waals surface area (Å²) in [5.74, 6) is -0.378. The molecule has 1 amide bonds. The zero-order valence-corrected chi connectivity index (χ0v) is 12.1. The summed E-state index contributed by atoms with van der Waals surface area (Å²) in [7, 11) is 0. The highest BCUT2D eigenvalue weighted by Gasteiger charge is 2.18. The van der Waals surface area contributed by atoms with E-state index in [1.54, 1.807) is 0 Å². The molecule has 0 bridgehead atoms. The molecule has 0 aromatic heterocycles. The van der Waals surface area contributed by atoms with Crippen molar-refractivity contribution in [2.75, 3.05) is 5.32 Å². The summed E-state index contributed by atoms with van der Waals surface area (Å²) in [5.41, 5.74) is 10.8. The molecule has 20 heavy (non-hydrogen) atoms. The van der Waals surface area contributed by atoms with Crippen LogP contribution in [0.15, 0.2) is 42.5 Å². The van der Waals surface area contributed by atoms with Crippen molar-refractivity contribution in [1.82, 2.24) is 0 Å². The van der Waals surface area contributed by atoms with E-state index in [4.69, 9.17) is 5.73 Å². The summed E-state index contributed by atoms with van der Waals surface area (Å²) in [6, 6.07) is 13.3. The van der Waals surface area contributed by atoms with E-state index >= 15 is 0 Å². The summed E-state index contributed by atoms with van der Waals surface area (Å²) in [4.78, 5) is 11.8. The Morgan fingerprint density at radius 1 is 1.00 bits per heavy atom. The van der Waals surface area contributed by atoms with Crippen LogP contribution in [0.5, 0.6) is 0 Å². The Morgan fingerprint density at radius 2 is 1.70 bits per heavy atom. The fourth-order valence-electron chi connectivity index (χ4n) is 2.15. The predicted molar refractivity (Wildman–Crippen MR) is 82.7 cm³/mol. The molecule has 2 aromatic carbocycles. The molecule has 2 rings (SSSR count). The summed E-state index contributed by atoms with van der Waals surface area (Å²) in [6.45, 7) is 6.08. The van der Waals surface area contributed by atoms with Gasteiger partial charge in [-0.05, 0) is 49.1 Å². The molecule has 0 aliphatic rings. The second kappa shape index (κ2) is 5.78. The Bertz CT molecular complexity index is 635. The van der Waals surface area contributed by atoms with Crippen LogP contribution in [0.3, 0.4) is 0 Å². The summed E-state index contributed by atoms with van der Waals surface area (Å²) in [5, 5.41) is 3.24. The number of carbonyl (C=O) groups excluding carboxylic acids is 1. The van der Waals surface area contributed by atoms with Crippen molar-refractivity contribution in [1.29, 1.82) is 0 Å². The third-order valence-corrected chi connectivity index (χ3v) is 3.59. The maximum atomic E-state index is 11.8. The van der Waals surface area contributed by atoms with Crippen LogP contribution in [0.2, 0.25) is 0 Å². The summed E-state index contributed by atoms with van der Waals surface area (Å²) < 4.78 is 0. The number of primary amides is 1. The SMILES string of the molecule is Cc1ccc(C(Nc2ccccc2C)C(N)=O)cc1C. The lowest BCUT2D eigenvalue weighted by Gasteiger charge is -2.19. The second-order valence-corrected chi connectivity index (χ2v) is 5.14. The van der Waals surface area contributed by atoms with Crippen LogP contribution < -0.4 is 11.1 Å². The van der Waals surface area contributed by atoms with Crippen LogP contribution in [-0.2, 0) is 4.79 Å². The molecule has 0 fully saturated rings. The van der Waals surface area contributed by atoms with Crippen LogP contribution in [-0.4, -0.2) is 5.91 Å². The van der Waals surface area contributed by atoms with Crippen molar-refractivity contribution in [3.63, 3.8) is 0 Å². The van der Waals surface area contributed by atoms with E-state index in [1.807, 2.05) is 63.2 Å². The lowest BCUT2D eigenvalue weighted by Crippen LogP contribution is -2.28. The van der Waals surface area contributed by atoms with Crippen LogP contribution >= 0.6 is 0 Å². The largest absolute Gasteiger partial charge is 0.370 e. The first-order valence-corrected chi connectivity index (χ1v) is 6.67. The fourth-order valence-corrected chi connectivity index (χ4v) is 2.15. The van der Waals surface area contributed by atoms with E-state index in [0.717, 1.165) is 22.4 Å². The first-order chi connectivity index (χ1) is 9.49. The van der Waals surface area contributed by atoms with E-state index in [1.165, 1.54) is 5.56 Å². The number of benzene rings is 2. The van der Waals surface area contributed by atoms with Crippen LogP contribution in [0.4, 0.5) is 5.69 Å². The Hall–Kier alpha value is -2.29. The molecular formula is C17H20N2O. The Labute approximate surface area is 119 Å². The van der Waals surface area contributed by atoms with E-state index in [0.29, 0.717) is 0 Å². The van der Waals surface area contributed by atoms with Gasteiger partial charge in [-0.1, -0.05) is 36.4 Å². The van der Waals surface area contributed by atoms with Gasteiger partial charge in [-0.25, -0.2) is 0 Å². The highest BCUT2D eigenvalue weighted by molar-refractivity contribution is 5.84. The normalized spacial score (nSPS) is 11.9. The van der Waals surface area contributed by atoms with Gasteiger partial charge in [-0.3, -0.25) is 4.79 Å². The van der Waals surface area contributed by atoms with Gasteiger partial charge in [-0.15, -0.1) is 0 Å². The molecule has 0 saturated heterocycles. The molecule has 0 saturated carbocycles. The molecule has 0 heterocycles. The molecule has 3 heteroatoms. The van der Waals surface area contributed by atoms with Crippen molar-refractivity contribution in [3.8, 4) is 0 Å². The Balaban J connectivity index is 2.34. The first-order valence-electron chi connectivity index (χ1n) is 6.67. The van der Waals surface area contributed by atoms with Crippen molar-refractivity contribution in [2.45, 2.75) is 26.8 Å². The minimum Gasteiger partial charge on any atom is -0.370 e. The number of hydrogen-bond acceptors (Lipinski definition) is 2. The molecule has 3 nitrogen and oxygen atoms in total. The van der Waals surface area contributed by atoms with Gasteiger partial charge in [0.2, 0.25) is 5.91 Å². The standard InChI is InChI=1S/C17H20N2O/c1-11-8-9-14(10-13(11)3)16(17(18)20)19-15-7-5-4-6-12(15)2/h4-10,16,19H,1-3H3,(H2,18,20). The number of amides is 1. The third-order valence-electron chi connectivity index (χ3n) is 3.59. The summed E-state index contributed by atoms with van der Waals surface area (Å²) in [6.07, 6.45) is 0. The van der Waals surface area contributed by atoms with Gasteiger partial charge < -0.3 is 11.1 Å². The lowest BCUT2D eigenvalue weighted by atomic mass is 10.00.